The highest BCUT2D eigenvalue weighted by molar-refractivity contribution is 7.89. The number of halogens is 1. The third-order valence-corrected chi connectivity index (χ3v) is 4.09. The van der Waals surface area contributed by atoms with Gasteiger partial charge in [0.25, 0.3) is 0 Å². The highest BCUT2D eigenvalue weighted by Crippen LogP contribution is 2.15. The van der Waals surface area contributed by atoms with Crippen LogP contribution >= 0.6 is 12.4 Å². The van der Waals surface area contributed by atoms with Crippen LogP contribution in [0.4, 0.5) is 0 Å². The SMILES string of the molecule is CNC(C)CNS(=O)(=O)c1c(C)n[nH]c1C.Cl. The fraction of sp³-hybridized carbons (Fsp3) is 0.667. The van der Waals surface area contributed by atoms with Gasteiger partial charge in [0.2, 0.25) is 10.0 Å². The van der Waals surface area contributed by atoms with Crippen LogP contribution in [0.1, 0.15) is 18.3 Å². The summed E-state index contributed by atoms with van der Waals surface area (Å²) in [6, 6.07) is 0.0855. The Morgan fingerprint density at radius 1 is 1.41 bits per heavy atom. The van der Waals surface area contributed by atoms with E-state index in [0.717, 1.165) is 0 Å². The molecule has 0 aliphatic heterocycles. The molecule has 17 heavy (non-hydrogen) atoms. The first-order valence-corrected chi connectivity index (χ1v) is 6.55. The largest absolute Gasteiger partial charge is 0.316 e. The van der Waals surface area contributed by atoms with Crippen molar-refractivity contribution >= 4 is 22.4 Å². The molecule has 0 fully saturated rings. The van der Waals surface area contributed by atoms with Crippen molar-refractivity contribution in [2.75, 3.05) is 13.6 Å². The number of nitrogens with zero attached hydrogens (tertiary/aromatic N) is 1. The molecule has 1 heterocycles. The molecule has 0 saturated carbocycles. The maximum Gasteiger partial charge on any atom is 0.244 e. The summed E-state index contributed by atoms with van der Waals surface area (Å²) in [5.74, 6) is 0. The summed E-state index contributed by atoms with van der Waals surface area (Å²) in [4.78, 5) is 0.246. The van der Waals surface area contributed by atoms with Crippen molar-refractivity contribution in [1.82, 2.24) is 20.2 Å². The monoisotopic (exact) mass is 282 g/mol. The molecule has 0 spiro atoms. The van der Waals surface area contributed by atoms with Gasteiger partial charge >= 0.3 is 0 Å². The van der Waals surface area contributed by atoms with E-state index in [1.165, 1.54) is 0 Å². The number of nitrogens with one attached hydrogen (secondary N) is 3. The molecule has 0 radical (unpaired) electrons. The maximum atomic E-state index is 12.0. The number of aromatic amines is 1. The van der Waals surface area contributed by atoms with E-state index in [1.807, 2.05) is 6.92 Å². The molecule has 0 aromatic carbocycles. The predicted octanol–water partition coefficient (Wildman–Crippen LogP) is 0.335. The summed E-state index contributed by atoms with van der Waals surface area (Å²) in [5, 5.41) is 9.49. The number of aromatic nitrogens is 2. The lowest BCUT2D eigenvalue weighted by molar-refractivity contribution is 0.553. The molecular formula is C9H19ClN4O2S. The Balaban J connectivity index is 0.00000256. The Labute approximate surface area is 108 Å². The van der Waals surface area contributed by atoms with Crippen molar-refractivity contribution in [1.29, 1.82) is 0 Å². The molecule has 0 aliphatic carbocycles. The van der Waals surface area contributed by atoms with Crippen LogP contribution in [-0.2, 0) is 10.0 Å². The van der Waals surface area contributed by atoms with E-state index in [2.05, 4.69) is 20.2 Å². The van der Waals surface area contributed by atoms with E-state index >= 15 is 0 Å². The molecule has 1 aromatic rings. The van der Waals surface area contributed by atoms with Gasteiger partial charge in [0.05, 0.1) is 11.4 Å². The number of rotatable bonds is 5. The van der Waals surface area contributed by atoms with Crippen molar-refractivity contribution < 1.29 is 8.42 Å². The first-order chi connectivity index (χ1) is 7.38. The van der Waals surface area contributed by atoms with Crippen LogP contribution in [0.3, 0.4) is 0 Å². The fourth-order valence-corrected chi connectivity index (χ4v) is 2.84. The van der Waals surface area contributed by atoms with Gasteiger partial charge in [-0.15, -0.1) is 12.4 Å². The first-order valence-electron chi connectivity index (χ1n) is 5.07. The van der Waals surface area contributed by atoms with Crippen molar-refractivity contribution in [3.05, 3.63) is 11.4 Å². The normalized spacial score (nSPS) is 13.2. The minimum absolute atomic E-state index is 0. The van der Waals surface area contributed by atoms with Gasteiger partial charge in [-0.25, -0.2) is 13.1 Å². The second kappa shape index (κ2) is 6.34. The van der Waals surface area contributed by atoms with E-state index in [1.54, 1.807) is 20.9 Å². The third-order valence-electron chi connectivity index (χ3n) is 2.40. The highest BCUT2D eigenvalue weighted by Gasteiger charge is 2.22. The van der Waals surface area contributed by atoms with Crippen LogP contribution in [0, 0.1) is 13.8 Å². The van der Waals surface area contributed by atoms with Gasteiger partial charge in [-0.05, 0) is 27.8 Å². The lowest BCUT2D eigenvalue weighted by Crippen LogP contribution is -2.37. The van der Waals surface area contributed by atoms with Crippen molar-refractivity contribution in [2.24, 2.45) is 0 Å². The summed E-state index contributed by atoms with van der Waals surface area (Å²) in [5.41, 5.74) is 1.05. The Morgan fingerprint density at radius 3 is 2.41 bits per heavy atom. The average molecular weight is 283 g/mol. The van der Waals surface area contributed by atoms with E-state index in [4.69, 9.17) is 0 Å². The first kappa shape index (κ1) is 16.4. The molecule has 1 atom stereocenters. The van der Waals surface area contributed by atoms with Gasteiger partial charge in [0.15, 0.2) is 0 Å². The topological polar surface area (TPSA) is 86.9 Å². The van der Waals surface area contributed by atoms with E-state index in [9.17, 15) is 8.42 Å². The predicted molar refractivity (Wildman–Crippen MR) is 69.0 cm³/mol. The van der Waals surface area contributed by atoms with Crippen LogP contribution in [0.15, 0.2) is 4.90 Å². The van der Waals surface area contributed by atoms with Gasteiger partial charge in [-0.2, -0.15) is 5.10 Å². The summed E-state index contributed by atoms with van der Waals surface area (Å²) in [6.07, 6.45) is 0. The van der Waals surface area contributed by atoms with Crippen molar-refractivity contribution in [2.45, 2.75) is 31.7 Å². The van der Waals surface area contributed by atoms with Crippen molar-refractivity contribution in [3.63, 3.8) is 0 Å². The number of H-pyrrole nitrogens is 1. The van der Waals surface area contributed by atoms with Gasteiger partial charge < -0.3 is 5.32 Å². The molecular weight excluding hydrogens is 264 g/mol. The Bertz CT molecular complexity index is 438. The second-order valence-corrected chi connectivity index (χ2v) is 5.51. The number of likely N-dealkylation sites (N-methyl/N-ethyl adjacent to an activating group) is 1. The number of aryl methyl sites for hydroxylation is 2. The van der Waals surface area contributed by atoms with Gasteiger partial charge in [-0.1, -0.05) is 0 Å². The quantitative estimate of drug-likeness (QED) is 0.727. The second-order valence-electron chi connectivity index (χ2n) is 3.80. The molecule has 1 unspecified atom stereocenters. The Morgan fingerprint density at radius 2 is 2.00 bits per heavy atom. The Hall–Kier alpha value is -0.630. The summed E-state index contributed by atoms with van der Waals surface area (Å²) in [7, 11) is -1.68. The average Bonchev–Trinajstić information content (AvgIpc) is 2.55. The maximum absolute atomic E-state index is 12.0. The lowest BCUT2D eigenvalue weighted by Gasteiger charge is -2.11. The number of sulfonamides is 1. The molecule has 0 bridgehead atoms. The van der Waals surface area contributed by atoms with E-state index < -0.39 is 10.0 Å². The standard InChI is InChI=1S/C9H18N4O2S.ClH/c1-6(10-4)5-11-16(14,15)9-7(2)12-13-8(9)3;/h6,10-11H,5H2,1-4H3,(H,12,13);1H. The van der Waals surface area contributed by atoms with Crippen molar-refractivity contribution in [3.8, 4) is 0 Å². The smallest absolute Gasteiger partial charge is 0.244 e. The molecule has 1 aromatic heterocycles. The zero-order valence-corrected chi connectivity index (χ0v) is 12.0. The molecule has 0 saturated heterocycles. The molecule has 1 rings (SSSR count). The van der Waals surface area contributed by atoms with Crippen LogP contribution in [0.5, 0.6) is 0 Å². The van der Waals surface area contributed by atoms with E-state index in [0.29, 0.717) is 17.9 Å². The van der Waals surface area contributed by atoms with Gasteiger partial charge in [-0.3, -0.25) is 5.10 Å². The minimum atomic E-state index is -3.47. The lowest BCUT2D eigenvalue weighted by atomic mass is 10.4. The molecule has 100 valence electrons. The summed E-state index contributed by atoms with van der Waals surface area (Å²) < 4.78 is 26.5. The van der Waals surface area contributed by atoms with Crippen LogP contribution in [-0.4, -0.2) is 38.2 Å². The Kier molecular flexibility index (Phi) is 6.11. The summed E-state index contributed by atoms with van der Waals surface area (Å²) >= 11 is 0. The van der Waals surface area contributed by atoms with Crippen LogP contribution < -0.4 is 10.0 Å². The third kappa shape index (κ3) is 3.95. The number of hydrogen-bond donors (Lipinski definition) is 3. The minimum Gasteiger partial charge on any atom is -0.316 e. The zero-order chi connectivity index (χ0) is 12.3. The molecule has 0 aliphatic rings. The van der Waals surface area contributed by atoms with Crippen LogP contribution in [0.2, 0.25) is 0 Å². The molecule has 3 N–H and O–H groups in total. The van der Waals surface area contributed by atoms with Crippen LogP contribution in [0.25, 0.3) is 0 Å². The van der Waals surface area contributed by atoms with Gasteiger partial charge in [0, 0.05) is 12.6 Å². The zero-order valence-electron chi connectivity index (χ0n) is 10.4. The number of hydrogen-bond acceptors (Lipinski definition) is 4. The summed E-state index contributed by atoms with van der Waals surface area (Å²) in [6.45, 7) is 5.61. The molecule has 0 amide bonds. The molecule has 6 nitrogen and oxygen atoms in total. The highest BCUT2D eigenvalue weighted by atomic mass is 35.5. The van der Waals surface area contributed by atoms with Gasteiger partial charge in [0.1, 0.15) is 4.90 Å². The van der Waals surface area contributed by atoms with E-state index in [-0.39, 0.29) is 23.3 Å². The molecule has 8 heteroatoms. The fourth-order valence-electron chi connectivity index (χ4n) is 1.35.